The van der Waals surface area contributed by atoms with Gasteiger partial charge in [0.2, 0.25) is 0 Å². The summed E-state index contributed by atoms with van der Waals surface area (Å²) < 4.78 is 0. The van der Waals surface area contributed by atoms with Crippen LogP contribution in [0.3, 0.4) is 0 Å². The van der Waals surface area contributed by atoms with Crippen LogP contribution in [0.25, 0.3) is 0 Å². The molecular weight excluding hydrogens is 212 g/mol. The van der Waals surface area contributed by atoms with Crippen LogP contribution in [0.1, 0.15) is 30.9 Å². The van der Waals surface area contributed by atoms with Crippen molar-refractivity contribution < 1.29 is 0 Å². The molecule has 96 valence electrons. The lowest BCUT2D eigenvalue weighted by molar-refractivity contribution is 0.389. The van der Waals surface area contributed by atoms with Gasteiger partial charge in [-0.05, 0) is 39.0 Å². The van der Waals surface area contributed by atoms with E-state index in [4.69, 9.17) is 0 Å². The zero-order chi connectivity index (χ0) is 12.8. The second-order valence-corrected chi connectivity index (χ2v) is 5.18. The van der Waals surface area contributed by atoms with Gasteiger partial charge in [0.05, 0.1) is 12.2 Å². The summed E-state index contributed by atoms with van der Waals surface area (Å²) >= 11 is 0. The molecule has 0 atom stereocenters. The Hall–Kier alpha value is -1.00. The highest BCUT2D eigenvalue weighted by molar-refractivity contribution is 5.15. The van der Waals surface area contributed by atoms with Crippen molar-refractivity contribution in [3.05, 3.63) is 23.3 Å². The van der Waals surface area contributed by atoms with Crippen molar-refractivity contribution in [2.24, 2.45) is 5.92 Å². The van der Waals surface area contributed by atoms with Crippen molar-refractivity contribution in [1.29, 1.82) is 0 Å². The van der Waals surface area contributed by atoms with E-state index < -0.39 is 0 Å². The Kier molecular flexibility index (Phi) is 5.51. The third-order valence-corrected chi connectivity index (χ3v) is 2.43. The largest absolute Gasteiger partial charge is 0.311 e. The number of aryl methyl sites for hydroxylation is 1. The maximum atomic E-state index is 4.59. The van der Waals surface area contributed by atoms with Gasteiger partial charge in [-0.2, -0.15) is 0 Å². The van der Waals surface area contributed by atoms with Crippen molar-refractivity contribution >= 4 is 0 Å². The maximum Gasteiger partial charge on any atom is 0.142 e. The maximum absolute atomic E-state index is 4.59. The molecule has 0 spiro atoms. The van der Waals surface area contributed by atoms with Crippen LogP contribution < -0.4 is 5.32 Å². The first-order valence-corrected chi connectivity index (χ1v) is 6.16. The Morgan fingerprint density at radius 3 is 2.65 bits per heavy atom. The lowest BCUT2D eigenvalue weighted by Crippen LogP contribution is -2.21. The normalized spacial score (nSPS) is 11.5. The molecule has 1 rings (SSSR count). The molecule has 1 aromatic heterocycles. The number of aromatic nitrogens is 2. The first kappa shape index (κ1) is 14.1. The second kappa shape index (κ2) is 6.67. The SMILES string of the molecule is Cc1cnc(CN(C)C)nc1CNCC(C)C. The van der Waals surface area contributed by atoms with Crippen LogP contribution in [0.15, 0.2) is 6.20 Å². The Morgan fingerprint density at radius 2 is 2.06 bits per heavy atom. The van der Waals surface area contributed by atoms with Crippen molar-refractivity contribution in [3.63, 3.8) is 0 Å². The minimum atomic E-state index is 0.665. The van der Waals surface area contributed by atoms with Gasteiger partial charge in [0, 0.05) is 12.7 Å². The van der Waals surface area contributed by atoms with Crippen LogP contribution in [0, 0.1) is 12.8 Å². The summed E-state index contributed by atoms with van der Waals surface area (Å²) in [5.74, 6) is 1.56. The Labute approximate surface area is 104 Å². The van der Waals surface area contributed by atoms with Crippen molar-refractivity contribution in [1.82, 2.24) is 20.2 Å². The number of nitrogens with zero attached hydrogens (tertiary/aromatic N) is 3. The van der Waals surface area contributed by atoms with Gasteiger partial charge in [-0.25, -0.2) is 9.97 Å². The lowest BCUT2D eigenvalue weighted by atomic mass is 10.2. The molecule has 0 amide bonds. The van der Waals surface area contributed by atoms with Gasteiger partial charge in [0.25, 0.3) is 0 Å². The third-order valence-electron chi connectivity index (χ3n) is 2.43. The van der Waals surface area contributed by atoms with E-state index in [0.717, 1.165) is 36.7 Å². The zero-order valence-corrected chi connectivity index (χ0v) is 11.6. The quantitative estimate of drug-likeness (QED) is 0.814. The number of hydrogen-bond donors (Lipinski definition) is 1. The molecule has 4 nitrogen and oxygen atoms in total. The van der Waals surface area contributed by atoms with Gasteiger partial charge < -0.3 is 10.2 Å². The molecule has 1 N–H and O–H groups in total. The number of hydrogen-bond acceptors (Lipinski definition) is 4. The van der Waals surface area contributed by atoms with Gasteiger partial charge in [0.1, 0.15) is 5.82 Å². The molecule has 4 heteroatoms. The van der Waals surface area contributed by atoms with Crippen LogP contribution in [0.2, 0.25) is 0 Å². The number of nitrogens with one attached hydrogen (secondary N) is 1. The predicted molar refractivity (Wildman–Crippen MR) is 70.7 cm³/mol. The standard InChI is InChI=1S/C13H24N4/c1-10(2)6-14-8-12-11(3)7-15-13(16-12)9-17(4)5/h7,10,14H,6,8-9H2,1-5H3. The van der Waals surface area contributed by atoms with E-state index in [-0.39, 0.29) is 0 Å². The van der Waals surface area contributed by atoms with Gasteiger partial charge in [-0.15, -0.1) is 0 Å². The molecule has 0 aliphatic rings. The summed E-state index contributed by atoms with van der Waals surface area (Å²) in [7, 11) is 4.06. The molecule has 1 heterocycles. The van der Waals surface area contributed by atoms with E-state index in [1.165, 1.54) is 0 Å². The zero-order valence-electron chi connectivity index (χ0n) is 11.6. The van der Waals surface area contributed by atoms with Crippen LogP contribution >= 0.6 is 0 Å². The van der Waals surface area contributed by atoms with E-state index in [0.29, 0.717) is 5.92 Å². The van der Waals surface area contributed by atoms with Crippen LogP contribution in [0.4, 0.5) is 0 Å². The van der Waals surface area contributed by atoms with Crippen LogP contribution in [0.5, 0.6) is 0 Å². The molecule has 1 aromatic rings. The minimum absolute atomic E-state index is 0.665. The lowest BCUT2D eigenvalue weighted by Gasteiger charge is -2.12. The average Bonchev–Trinajstić information content (AvgIpc) is 2.21. The summed E-state index contributed by atoms with van der Waals surface area (Å²) in [6, 6.07) is 0. The Balaban J connectivity index is 2.63. The fourth-order valence-electron chi connectivity index (χ4n) is 1.54. The smallest absolute Gasteiger partial charge is 0.142 e. The van der Waals surface area contributed by atoms with Gasteiger partial charge in [0.15, 0.2) is 0 Å². The molecule has 0 saturated carbocycles. The third kappa shape index (κ3) is 5.24. The molecule has 0 unspecified atom stereocenters. The highest BCUT2D eigenvalue weighted by Crippen LogP contribution is 2.05. The van der Waals surface area contributed by atoms with Crippen LogP contribution in [-0.2, 0) is 13.1 Å². The summed E-state index contributed by atoms with van der Waals surface area (Å²) in [6.45, 7) is 9.11. The fourth-order valence-corrected chi connectivity index (χ4v) is 1.54. The van der Waals surface area contributed by atoms with E-state index in [9.17, 15) is 0 Å². The van der Waals surface area contributed by atoms with Crippen LogP contribution in [-0.4, -0.2) is 35.5 Å². The Morgan fingerprint density at radius 1 is 1.35 bits per heavy atom. The monoisotopic (exact) mass is 236 g/mol. The topological polar surface area (TPSA) is 41.1 Å². The fraction of sp³-hybridized carbons (Fsp3) is 0.692. The average molecular weight is 236 g/mol. The summed E-state index contributed by atoms with van der Waals surface area (Å²) in [5, 5.41) is 3.42. The molecule has 0 fully saturated rings. The van der Waals surface area contributed by atoms with Gasteiger partial charge in [-0.3, -0.25) is 0 Å². The van der Waals surface area contributed by atoms with Gasteiger partial charge in [-0.1, -0.05) is 13.8 Å². The summed E-state index contributed by atoms with van der Waals surface area (Å²) in [6.07, 6.45) is 1.91. The molecule has 0 aliphatic heterocycles. The summed E-state index contributed by atoms with van der Waals surface area (Å²) in [4.78, 5) is 11.0. The molecule has 0 aromatic carbocycles. The number of rotatable bonds is 6. The van der Waals surface area contributed by atoms with Gasteiger partial charge >= 0.3 is 0 Å². The molecular formula is C13H24N4. The summed E-state index contributed by atoms with van der Waals surface area (Å²) in [5.41, 5.74) is 2.27. The van der Waals surface area contributed by atoms with Crippen molar-refractivity contribution in [2.75, 3.05) is 20.6 Å². The first-order valence-electron chi connectivity index (χ1n) is 6.16. The molecule has 0 saturated heterocycles. The predicted octanol–water partition coefficient (Wildman–Crippen LogP) is 1.59. The second-order valence-electron chi connectivity index (χ2n) is 5.18. The molecule has 0 radical (unpaired) electrons. The highest BCUT2D eigenvalue weighted by atomic mass is 15.1. The minimum Gasteiger partial charge on any atom is -0.311 e. The first-order chi connectivity index (χ1) is 7.99. The van der Waals surface area contributed by atoms with E-state index >= 15 is 0 Å². The molecule has 0 aliphatic carbocycles. The molecule has 17 heavy (non-hydrogen) atoms. The van der Waals surface area contributed by atoms with E-state index in [2.05, 4.69) is 41.0 Å². The van der Waals surface area contributed by atoms with E-state index in [1.54, 1.807) is 0 Å². The highest BCUT2D eigenvalue weighted by Gasteiger charge is 2.05. The Bertz CT molecular complexity index is 347. The molecule has 0 bridgehead atoms. The van der Waals surface area contributed by atoms with E-state index in [1.807, 2.05) is 20.3 Å². The van der Waals surface area contributed by atoms with Crippen molar-refractivity contribution in [2.45, 2.75) is 33.9 Å². The van der Waals surface area contributed by atoms with Crippen molar-refractivity contribution in [3.8, 4) is 0 Å².